The third-order valence-corrected chi connectivity index (χ3v) is 7.16. The molecule has 4 rings (SSSR count). The number of carbonyl (C=O) groups excluding carboxylic acids is 3. The number of carbonyl (C=O) groups is 3. The molecule has 1 N–H and O–H groups in total. The molecule has 33 heavy (non-hydrogen) atoms. The van der Waals surface area contributed by atoms with Crippen molar-refractivity contribution >= 4 is 29.3 Å². The molecule has 3 aliphatic rings. The summed E-state index contributed by atoms with van der Waals surface area (Å²) in [6.45, 7) is 3.50. The molecule has 0 spiro atoms. The number of Topliss-reactive ketones (excluding diaryl/α,β-unsaturated/α-hetero) is 1. The lowest BCUT2D eigenvalue weighted by Crippen LogP contribution is -2.43. The number of ketones is 1. The van der Waals surface area contributed by atoms with Gasteiger partial charge in [-0.25, -0.2) is 9.18 Å². The normalized spacial score (nSPS) is 25.6. The summed E-state index contributed by atoms with van der Waals surface area (Å²) >= 11 is 6.42. The Morgan fingerprint density at radius 2 is 1.91 bits per heavy atom. The van der Waals surface area contributed by atoms with E-state index in [-0.39, 0.29) is 33.8 Å². The van der Waals surface area contributed by atoms with Gasteiger partial charge in [-0.15, -0.1) is 0 Å². The van der Waals surface area contributed by atoms with Crippen molar-refractivity contribution < 1.29 is 28.2 Å². The maximum Gasteiger partial charge on any atom is 0.337 e. The van der Waals surface area contributed by atoms with E-state index < -0.39 is 35.4 Å². The van der Waals surface area contributed by atoms with Gasteiger partial charge in [-0.1, -0.05) is 24.6 Å². The predicted molar refractivity (Wildman–Crippen MR) is 120 cm³/mol. The van der Waals surface area contributed by atoms with E-state index in [2.05, 4.69) is 5.32 Å². The Hall–Kier alpha value is -2.67. The summed E-state index contributed by atoms with van der Waals surface area (Å²) in [7, 11) is 1.23. The van der Waals surface area contributed by atoms with Crippen molar-refractivity contribution in [2.45, 2.75) is 58.0 Å². The second kappa shape index (κ2) is 9.29. The van der Waals surface area contributed by atoms with Crippen LogP contribution in [0.25, 0.3) is 0 Å². The molecule has 2 aliphatic carbocycles. The van der Waals surface area contributed by atoms with E-state index in [0.717, 1.165) is 25.7 Å². The highest BCUT2D eigenvalue weighted by atomic mass is 35.5. The molecule has 1 heterocycles. The molecule has 1 aliphatic heterocycles. The summed E-state index contributed by atoms with van der Waals surface area (Å²) in [6, 6.07) is 4.23. The molecular formula is C25H27ClFNO5. The second-order valence-electron chi connectivity index (χ2n) is 8.98. The van der Waals surface area contributed by atoms with Crippen LogP contribution in [0.3, 0.4) is 0 Å². The van der Waals surface area contributed by atoms with Gasteiger partial charge in [0.1, 0.15) is 17.8 Å². The van der Waals surface area contributed by atoms with Crippen LogP contribution in [0.2, 0.25) is 5.02 Å². The zero-order valence-corrected chi connectivity index (χ0v) is 19.6. The van der Waals surface area contributed by atoms with Gasteiger partial charge in [-0.05, 0) is 57.1 Å². The maximum absolute atomic E-state index is 15.2. The summed E-state index contributed by atoms with van der Waals surface area (Å²) < 4.78 is 25.8. The van der Waals surface area contributed by atoms with Crippen LogP contribution in [0.5, 0.6) is 0 Å². The Balaban J connectivity index is 1.86. The molecule has 0 saturated heterocycles. The first-order valence-corrected chi connectivity index (χ1v) is 11.6. The molecular weight excluding hydrogens is 449 g/mol. The van der Waals surface area contributed by atoms with Crippen LogP contribution in [0, 0.1) is 17.7 Å². The van der Waals surface area contributed by atoms with Crippen molar-refractivity contribution in [3.8, 4) is 0 Å². The lowest BCUT2D eigenvalue weighted by Gasteiger charge is -2.38. The number of ether oxygens (including phenoxy) is 2. The second-order valence-corrected chi connectivity index (χ2v) is 9.39. The average molecular weight is 476 g/mol. The van der Waals surface area contributed by atoms with Gasteiger partial charge in [0.2, 0.25) is 0 Å². The number of halogens is 2. The molecule has 0 aromatic heterocycles. The van der Waals surface area contributed by atoms with Crippen LogP contribution in [0.1, 0.15) is 57.4 Å². The monoisotopic (exact) mass is 475 g/mol. The largest absolute Gasteiger partial charge is 0.468 e. The van der Waals surface area contributed by atoms with Gasteiger partial charge in [0, 0.05) is 27.6 Å². The minimum absolute atomic E-state index is 0.0254. The molecule has 0 amide bonds. The van der Waals surface area contributed by atoms with Gasteiger partial charge in [-0.2, -0.15) is 0 Å². The first kappa shape index (κ1) is 23.5. The number of hydrogen-bond acceptors (Lipinski definition) is 6. The zero-order valence-electron chi connectivity index (χ0n) is 18.9. The van der Waals surface area contributed by atoms with Gasteiger partial charge in [0.25, 0.3) is 0 Å². The molecule has 0 radical (unpaired) electrons. The van der Waals surface area contributed by atoms with Crippen LogP contribution in [0.4, 0.5) is 4.39 Å². The minimum atomic E-state index is -1.09. The molecule has 1 fully saturated rings. The van der Waals surface area contributed by atoms with Crippen LogP contribution < -0.4 is 5.32 Å². The van der Waals surface area contributed by atoms with E-state index in [0.29, 0.717) is 17.8 Å². The number of methoxy groups -OCH3 is 1. The number of allylic oxidation sites excluding steroid dienone is 3. The van der Waals surface area contributed by atoms with Crippen LogP contribution in [0.15, 0.2) is 40.7 Å². The van der Waals surface area contributed by atoms with Gasteiger partial charge in [0.05, 0.1) is 18.6 Å². The Kier molecular flexibility index (Phi) is 6.61. The average Bonchev–Trinajstić information content (AvgIpc) is 3.25. The topological polar surface area (TPSA) is 81.7 Å². The fourth-order valence-corrected chi connectivity index (χ4v) is 5.52. The Bertz CT molecular complexity index is 1050. The summed E-state index contributed by atoms with van der Waals surface area (Å²) in [5.74, 6) is -4.85. The summed E-state index contributed by atoms with van der Waals surface area (Å²) in [6.07, 6.45) is 3.64. The minimum Gasteiger partial charge on any atom is -0.468 e. The number of rotatable bonds is 4. The van der Waals surface area contributed by atoms with E-state index in [4.69, 9.17) is 21.1 Å². The molecule has 0 unspecified atom stereocenters. The van der Waals surface area contributed by atoms with Crippen LogP contribution in [-0.2, 0) is 23.9 Å². The third-order valence-electron chi connectivity index (χ3n) is 6.83. The maximum atomic E-state index is 15.2. The lowest BCUT2D eigenvalue weighted by atomic mass is 9.69. The van der Waals surface area contributed by atoms with Gasteiger partial charge < -0.3 is 14.8 Å². The van der Waals surface area contributed by atoms with Crippen molar-refractivity contribution in [2.24, 2.45) is 11.8 Å². The van der Waals surface area contributed by atoms with Crippen molar-refractivity contribution in [1.29, 1.82) is 0 Å². The molecule has 1 aromatic rings. The highest BCUT2D eigenvalue weighted by molar-refractivity contribution is 6.31. The lowest BCUT2D eigenvalue weighted by molar-refractivity contribution is -0.151. The van der Waals surface area contributed by atoms with Gasteiger partial charge in [-0.3, -0.25) is 9.59 Å². The van der Waals surface area contributed by atoms with Crippen LogP contribution >= 0.6 is 11.6 Å². The molecule has 1 aromatic carbocycles. The number of benzene rings is 1. The Labute approximate surface area is 197 Å². The van der Waals surface area contributed by atoms with Crippen LogP contribution in [-0.4, -0.2) is 30.9 Å². The third kappa shape index (κ3) is 4.19. The number of nitrogens with one attached hydrogen (secondary N) is 1. The molecule has 1 saturated carbocycles. The number of dihydropyridines is 1. The number of hydrogen-bond donors (Lipinski definition) is 1. The van der Waals surface area contributed by atoms with Crippen molar-refractivity contribution in [3.05, 3.63) is 57.1 Å². The molecule has 0 bridgehead atoms. The first-order valence-electron chi connectivity index (χ1n) is 11.2. The summed E-state index contributed by atoms with van der Waals surface area (Å²) in [5.41, 5.74) is 1.38. The quantitative estimate of drug-likeness (QED) is 0.507. The van der Waals surface area contributed by atoms with E-state index >= 15 is 4.39 Å². The SMILES string of the molecule is COC(=O)[C@@H]1C(=O)C2=C(C[C@H]1C)NC(C)=C(C(=O)OC1CCCC1)[C@@H]2c1c(F)cccc1Cl. The fraction of sp³-hybridized carbons (Fsp3) is 0.480. The Morgan fingerprint density at radius 1 is 1.21 bits per heavy atom. The smallest absolute Gasteiger partial charge is 0.337 e. The molecule has 176 valence electrons. The molecule has 8 heteroatoms. The fourth-order valence-electron chi connectivity index (χ4n) is 5.25. The van der Waals surface area contributed by atoms with E-state index in [1.54, 1.807) is 13.8 Å². The predicted octanol–water partition coefficient (Wildman–Crippen LogP) is 4.58. The first-order chi connectivity index (χ1) is 15.7. The standard InChI is InChI=1S/C25H27ClFNO5/c1-12-11-17-21(23(29)18(12)24(30)32-3)22(20-15(26)9-6-10-16(20)27)19(13(2)28-17)25(31)33-14-7-4-5-8-14/h6,9-10,12,14,18,22,28H,4-5,7-8,11H2,1-3H3/t12-,18+,22-/m1/s1. The Morgan fingerprint density at radius 3 is 2.55 bits per heavy atom. The summed E-state index contributed by atoms with van der Waals surface area (Å²) in [4.78, 5) is 39.5. The zero-order chi connectivity index (χ0) is 23.9. The van der Waals surface area contributed by atoms with Crippen molar-refractivity contribution in [1.82, 2.24) is 5.32 Å². The van der Waals surface area contributed by atoms with Gasteiger partial charge in [0.15, 0.2) is 5.78 Å². The molecule has 3 atom stereocenters. The number of esters is 2. The summed E-state index contributed by atoms with van der Waals surface area (Å²) in [5, 5.41) is 3.26. The van der Waals surface area contributed by atoms with Crippen molar-refractivity contribution in [3.63, 3.8) is 0 Å². The van der Waals surface area contributed by atoms with Crippen molar-refractivity contribution in [2.75, 3.05) is 7.11 Å². The van der Waals surface area contributed by atoms with E-state index in [9.17, 15) is 14.4 Å². The van der Waals surface area contributed by atoms with E-state index in [1.807, 2.05) is 0 Å². The molecule has 6 nitrogen and oxygen atoms in total. The highest BCUT2D eigenvalue weighted by Crippen LogP contribution is 2.47. The highest BCUT2D eigenvalue weighted by Gasteiger charge is 2.48. The van der Waals surface area contributed by atoms with E-state index in [1.165, 1.54) is 25.3 Å². The van der Waals surface area contributed by atoms with Gasteiger partial charge >= 0.3 is 11.9 Å².